The van der Waals surface area contributed by atoms with E-state index >= 15 is 0 Å². The summed E-state index contributed by atoms with van der Waals surface area (Å²) in [7, 11) is 0. The second-order valence-corrected chi connectivity index (χ2v) is 9.40. The minimum Gasteiger partial charge on any atom is -0.508 e. The van der Waals surface area contributed by atoms with Gasteiger partial charge in [0.05, 0.1) is 18.6 Å². The van der Waals surface area contributed by atoms with Crippen molar-refractivity contribution in [2.24, 2.45) is 5.73 Å². The molecule has 0 aliphatic heterocycles. The molecule has 186 valence electrons. The van der Waals surface area contributed by atoms with Crippen LogP contribution in [0.4, 0.5) is 0 Å². The number of carbonyl (C=O) groups is 1. The number of aromatic hydroxyl groups is 1. The van der Waals surface area contributed by atoms with Gasteiger partial charge in [0, 0.05) is 18.2 Å². The Morgan fingerprint density at radius 1 is 0.943 bits per heavy atom. The van der Waals surface area contributed by atoms with Crippen molar-refractivity contribution in [3.05, 3.63) is 99.6 Å². The Morgan fingerprint density at radius 3 is 2.37 bits per heavy atom. The van der Waals surface area contributed by atoms with E-state index in [1.807, 2.05) is 31.2 Å². The molecule has 6 N–H and O–H groups in total. The number of primary amides is 1. The van der Waals surface area contributed by atoms with Crippen LogP contribution in [0.2, 0.25) is 0 Å². The average molecular weight is 477 g/mol. The maximum Gasteiger partial charge on any atom is 0.225 e. The van der Waals surface area contributed by atoms with E-state index in [9.17, 15) is 20.1 Å². The highest BCUT2D eigenvalue weighted by atomic mass is 16.3. The fourth-order valence-electron chi connectivity index (χ4n) is 4.28. The first kappa shape index (κ1) is 26.4. The van der Waals surface area contributed by atoms with Gasteiger partial charge in [-0.05, 0) is 79.1 Å². The molecule has 35 heavy (non-hydrogen) atoms. The Labute approximate surface area is 207 Å². The molecule has 6 nitrogen and oxygen atoms in total. The van der Waals surface area contributed by atoms with E-state index in [0.29, 0.717) is 30.5 Å². The van der Waals surface area contributed by atoms with E-state index in [1.165, 1.54) is 17.2 Å². The number of aryl methyl sites for hydroxylation is 2. The standard InChI is InChI=1S/C29H36N2O4/c1-18-7-8-22(11-19(18)2)14-26(29(30)35)23-6-4-5-21(13-23)12-20(3)31-16-28(34)24-9-10-27(33)25(15-24)17-32/h4-11,13,15,20,26,28,31-34H,12,14,16-17H2,1-3H3,(H2,30,35)/t20-,26?,28+/m1/s1. The summed E-state index contributed by atoms with van der Waals surface area (Å²) in [6.45, 7) is 6.21. The van der Waals surface area contributed by atoms with Crippen LogP contribution in [0.3, 0.4) is 0 Å². The maximum atomic E-state index is 12.3. The fraction of sp³-hybridized carbons (Fsp3) is 0.345. The number of aliphatic hydroxyl groups is 2. The summed E-state index contributed by atoms with van der Waals surface area (Å²) in [6.07, 6.45) is 0.502. The van der Waals surface area contributed by atoms with Gasteiger partial charge in [0.15, 0.2) is 0 Å². The molecular formula is C29H36N2O4. The first-order valence-corrected chi connectivity index (χ1v) is 12.0. The summed E-state index contributed by atoms with van der Waals surface area (Å²) in [4.78, 5) is 12.3. The van der Waals surface area contributed by atoms with Crippen molar-refractivity contribution in [1.82, 2.24) is 5.32 Å². The molecule has 0 saturated carbocycles. The Morgan fingerprint density at radius 2 is 1.69 bits per heavy atom. The lowest BCUT2D eigenvalue weighted by Gasteiger charge is -2.19. The summed E-state index contributed by atoms with van der Waals surface area (Å²) in [5.41, 5.74) is 12.3. The van der Waals surface area contributed by atoms with Gasteiger partial charge in [-0.15, -0.1) is 0 Å². The van der Waals surface area contributed by atoms with Crippen molar-refractivity contribution in [2.45, 2.75) is 58.3 Å². The highest BCUT2D eigenvalue weighted by Gasteiger charge is 2.20. The van der Waals surface area contributed by atoms with Crippen LogP contribution >= 0.6 is 0 Å². The second-order valence-electron chi connectivity index (χ2n) is 9.40. The van der Waals surface area contributed by atoms with Gasteiger partial charge >= 0.3 is 0 Å². The van der Waals surface area contributed by atoms with Crippen molar-refractivity contribution >= 4 is 5.91 Å². The van der Waals surface area contributed by atoms with Gasteiger partial charge in [0.2, 0.25) is 5.91 Å². The predicted molar refractivity (Wildman–Crippen MR) is 138 cm³/mol. The predicted octanol–water partition coefficient (Wildman–Crippen LogP) is 3.57. The third-order valence-corrected chi connectivity index (χ3v) is 6.57. The van der Waals surface area contributed by atoms with Crippen molar-refractivity contribution in [3.8, 4) is 5.75 Å². The van der Waals surface area contributed by atoms with Crippen LogP contribution in [-0.4, -0.2) is 33.8 Å². The number of hydrogen-bond donors (Lipinski definition) is 5. The molecule has 6 heteroatoms. The number of phenols is 1. The molecular weight excluding hydrogens is 440 g/mol. The maximum absolute atomic E-state index is 12.3. The van der Waals surface area contributed by atoms with Crippen molar-refractivity contribution in [3.63, 3.8) is 0 Å². The molecule has 0 aliphatic rings. The topological polar surface area (TPSA) is 116 Å². The van der Waals surface area contributed by atoms with E-state index in [4.69, 9.17) is 5.73 Å². The first-order chi connectivity index (χ1) is 16.7. The number of carbonyl (C=O) groups excluding carboxylic acids is 1. The monoisotopic (exact) mass is 476 g/mol. The smallest absolute Gasteiger partial charge is 0.225 e. The molecule has 3 aromatic rings. The second kappa shape index (κ2) is 12.0. The molecule has 0 radical (unpaired) electrons. The molecule has 3 aromatic carbocycles. The number of rotatable bonds is 11. The SMILES string of the molecule is Cc1ccc(CC(C(N)=O)c2cccc(C[C@@H](C)NC[C@H](O)c3ccc(O)c(CO)c3)c2)cc1C. The van der Waals surface area contributed by atoms with Crippen molar-refractivity contribution in [2.75, 3.05) is 6.54 Å². The Hall–Kier alpha value is -3.19. The average Bonchev–Trinajstić information content (AvgIpc) is 2.83. The van der Waals surface area contributed by atoms with Gasteiger partial charge in [0.25, 0.3) is 0 Å². The number of nitrogens with one attached hydrogen (secondary N) is 1. The molecule has 0 aliphatic carbocycles. The first-order valence-electron chi connectivity index (χ1n) is 12.0. The molecule has 0 saturated heterocycles. The Bertz CT molecular complexity index is 1160. The molecule has 0 spiro atoms. The van der Waals surface area contributed by atoms with Crippen LogP contribution in [0.1, 0.15) is 57.9 Å². The third-order valence-electron chi connectivity index (χ3n) is 6.57. The quantitative estimate of drug-likeness (QED) is 0.290. The summed E-state index contributed by atoms with van der Waals surface area (Å²) in [5.74, 6) is -0.736. The van der Waals surface area contributed by atoms with E-state index < -0.39 is 12.0 Å². The zero-order valence-electron chi connectivity index (χ0n) is 20.7. The fourth-order valence-corrected chi connectivity index (χ4v) is 4.28. The zero-order chi connectivity index (χ0) is 25.5. The van der Waals surface area contributed by atoms with Crippen molar-refractivity contribution in [1.29, 1.82) is 0 Å². The van der Waals surface area contributed by atoms with Gasteiger partial charge in [-0.25, -0.2) is 0 Å². The number of nitrogens with two attached hydrogens (primary N) is 1. The number of benzene rings is 3. The van der Waals surface area contributed by atoms with Crippen LogP contribution in [0.25, 0.3) is 0 Å². The number of hydrogen-bond acceptors (Lipinski definition) is 5. The third kappa shape index (κ3) is 7.15. The largest absolute Gasteiger partial charge is 0.508 e. The molecule has 0 fully saturated rings. The van der Waals surface area contributed by atoms with Crippen LogP contribution in [0.5, 0.6) is 5.75 Å². The molecule has 0 aromatic heterocycles. The highest BCUT2D eigenvalue weighted by Crippen LogP contribution is 2.25. The Kier molecular flexibility index (Phi) is 9.04. The molecule has 0 bridgehead atoms. The van der Waals surface area contributed by atoms with Crippen molar-refractivity contribution < 1.29 is 20.1 Å². The summed E-state index contributed by atoms with van der Waals surface area (Å²) in [6, 6.07) is 19.0. The normalized spacial score (nSPS) is 13.9. The van der Waals surface area contributed by atoms with E-state index in [-0.39, 0.29) is 24.3 Å². The minimum atomic E-state index is -0.771. The summed E-state index contributed by atoms with van der Waals surface area (Å²) >= 11 is 0. The molecule has 1 unspecified atom stereocenters. The highest BCUT2D eigenvalue weighted by molar-refractivity contribution is 5.82. The lowest BCUT2D eigenvalue weighted by Crippen LogP contribution is -2.32. The van der Waals surface area contributed by atoms with Crippen LogP contribution < -0.4 is 11.1 Å². The van der Waals surface area contributed by atoms with Gasteiger partial charge in [-0.3, -0.25) is 4.79 Å². The molecule has 3 rings (SSSR count). The molecule has 1 amide bonds. The summed E-state index contributed by atoms with van der Waals surface area (Å²) in [5, 5.41) is 32.9. The lowest BCUT2D eigenvalue weighted by molar-refractivity contribution is -0.119. The minimum absolute atomic E-state index is 0.0106. The summed E-state index contributed by atoms with van der Waals surface area (Å²) < 4.78 is 0. The molecule has 0 heterocycles. The zero-order valence-corrected chi connectivity index (χ0v) is 20.7. The van der Waals surface area contributed by atoms with E-state index in [2.05, 4.69) is 37.4 Å². The van der Waals surface area contributed by atoms with Gasteiger partial charge < -0.3 is 26.4 Å². The van der Waals surface area contributed by atoms with E-state index in [0.717, 1.165) is 16.7 Å². The van der Waals surface area contributed by atoms with Crippen LogP contribution in [0.15, 0.2) is 60.7 Å². The number of aliphatic hydroxyl groups excluding tert-OH is 2. The van der Waals surface area contributed by atoms with Gasteiger partial charge in [-0.1, -0.05) is 48.5 Å². The van der Waals surface area contributed by atoms with Gasteiger partial charge in [-0.2, -0.15) is 0 Å². The molecule has 3 atom stereocenters. The van der Waals surface area contributed by atoms with Crippen LogP contribution in [0, 0.1) is 13.8 Å². The van der Waals surface area contributed by atoms with Crippen LogP contribution in [-0.2, 0) is 24.2 Å². The number of amides is 1. The van der Waals surface area contributed by atoms with E-state index in [1.54, 1.807) is 12.1 Å². The lowest BCUT2D eigenvalue weighted by atomic mass is 9.89. The Balaban J connectivity index is 1.64. The van der Waals surface area contributed by atoms with Gasteiger partial charge in [0.1, 0.15) is 5.75 Å².